The SMILES string of the molecule is Cc1cc([O-])n2c(nc3cc(S(=O)(=O)O)ccc32)c1C#N.[Na+]. The van der Waals surface area contributed by atoms with Crippen LogP contribution in [0.25, 0.3) is 16.7 Å². The molecular weight excluding hydrogens is 317 g/mol. The standard InChI is InChI=1S/C13H9N3O4S.Na/c1-7-4-12(17)16-11-3-2-8(21(18,19)20)5-10(11)15-13(16)9(7)6-14;/h2-5,17H,1H3,(H,18,19,20);/q;+1/p-1. The number of nitrogens with zero attached hydrogens (tertiary/aromatic N) is 3. The van der Waals surface area contributed by atoms with E-state index in [4.69, 9.17) is 4.55 Å². The number of pyridine rings is 1. The van der Waals surface area contributed by atoms with Gasteiger partial charge in [-0.1, -0.05) is 0 Å². The van der Waals surface area contributed by atoms with Crippen molar-refractivity contribution >= 4 is 26.8 Å². The Hall–Kier alpha value is -1.63. The van der Waals surface area contributed by atoms with Crippen molar-refractivity contribution in [1.82, 2.24) is 9.38 Å². The summed E-state index contributed by atoms with van der Waals surface area (Å²) in [7, 11) is -4.36. The van der Waals surface area contributed by atoms with Gasteiger partial charge in [0.15, 0.2) is 5.65 Å². The molecule has 1 aromatic carbocycles. The molecule has 7 nitrogen and oxygen atoms in total. The van der Waals surface area contributed by atoms with Crippen LogP contribution in [0, 0.1) is 18.3 Å². The molecule has 1 N–H and O–H groups in total. The predicted octanol–water partition coefficient (Wildman–Crippen LogP) is -2.01. The van der Waals surface area contributed by atoms with Crippen LogP contribution >= 0.6 is 0 Å². The minimum Gasteiger partial charge on any atom is -0.860 e. The summed E-state index contributed by atoms with van der Waals surface area (Å²) in [4.78, 5) is 3.83. The van der Waals surface area contributed by atoms with Gasteiger partial charge in [0, 0.05) is 0 Å². The molecule has 3 rings (SSSR count). The Morgan fingerprint density at radius 2 is 2.05 bits per heavy atom. The summed E-state index contributed by atoms with van der Waals surface area (Å²) < 4.78 is 32.6. The van der Waals surface area contributed by atoms with Crippen molar-refractivity contribution in [2.24, 2.45) is 0 Å². The number of imidazole rings is 1. The average Bonchev–Trinajstić information content (AvgIpc) is 2.76. The first kappa shape index (κ1) is 16.7. The number of rotatable bonds is 1. The zero-order chi connectivity index (χ0) is 15.4. The molecule has 9 heteroatoms. The minimum absolute atomic E-state index is 0. The monoisotopic (exact) mass is 325 g/mol. The fourth-order valence-electron chi connectivity index (χ4n) is 2.25. The Labute approximate surface area is 147 Å². The number of hydrogen-bond acceptors (Lipinski definition) is 5. The van der Waals surface area contributed by atoms with Crippen molar-refractivity contribution in [2.75, 3.05) is 0 Å². The molecule has 0 saturated heterocycles. The van der Waals surface area contributed by atoms with Crippen LogP contribution in [0.5, 0.6) is 5.88 Å². The Bertz CT molecular complexity index is 1050. The van der Waals surface area contributed by atoms with E-state index in [1.54, 1.807) is 6.92 Å². The van der Waals surface area contributed by atoms with Crippen LogP contribution in [-0.4, -0.2) is 22.4 Å². The fourth-order valence-corrected chi connectivity index (χ4v) is 2.75. The summed E-state index contributed by atoms with van der Waals surface area (Å²) in [5.41, 5.74) is 1.51. The quantitative estimate of drug-likeness (QED) is 0.408. The van der Waals surface area contributed by atoms with E-state index in [2.05, 4.69) is 4.98 Å². The fraction of sp³-hybridized carbons (Fsp3) is 0.0769. The molecule has 0 radical (unpaired) electrons. The second kappa shape index (κ2) is 5.53. The van der Waals surface area contributed by atoms with E-state index in [1.165, 1.54) is 22.6 Å². The van der Waals surface area contributed by atoms with Crippen molar-refractivity contribution in [3.63, 3.8) is 0 Å². The van der Waals surface area contributed by atoms with Gasteiger partial charge >= 0.3 is 29.6 Å². The molecule has 3 aromatic rings. The van der Waals surface area contributed by atoms with E-state index in [0.717, 1.165) is 6.07 Å². The molecule has 0 fully saturated rings. The van der Waals surface area contributed by atoms with Gasteiger partial charge in [-0.05, 0) is 42.6 Å². The third-order valence-corrected chi connectivity index (χ3v) is 4.06. The molecule has 106 valence electrons. The maximum atomic E-state index is 12.1. The van der Waals surface area contributed by atoms with E-state index in [1.807, 2.05) is 6.07 Å². The largest absolute Gasteiger partial charge is 1.00 e. The summed E-state index contributed by atoms with van der Waals surface area (Å²) in [6.07, 6.45) is 0. The second-order valence-electron chi connectivity index (χ2n) is 4.55. The van der Waals surface area contributed by atoms with E-state index in [-0.39, 0.29) is 57.1 Å². The van der Waals surface area contributed by atoms with E-state index in [0.29, 0.717) is 11.1 Å². The molecule has 0 saturated carbocycles. The normalized spacial score (nSPS) is 11.3. The molecule has 2 heterocycles. The van der Waals surface area contributed by atoms with Crippen LogP contribution < -0.4 is 34.7 Å². The topological polar surface area (TPSA) is 119 Å². The van der Waals surface area contributed by atoms with Crippen LogP contribution in [0.2, 0.25) is 0 Å². The first-order chi connectivity index (χ1) is 9.82. The van der Waals surface area contributed by atoms with E-state index < -0.39 is 10.1 Å². The Morgan fingerprint density at radius 3 is 2.64 bits per heavy atom. The Balaban J connectivity index is 0.00000176. The van der Waals surface area contributed by atoms with Crippen molar-refractivity contribution in [1.29, 1.82) is 5.26 Å². The van der Waals surface area contributed by atoms with Gasteiger partial charge in [0.1, 0.15) is 6.07 Å². The molecule has 2 aromatic heterocycles. The first-order valence-electron chi connectivity index (χ1n) is 5.83. The zero-order valence-corrected chi connectivity index (χ0v) is 14.5. The van der Waals surface area contributed by atoms with Gasteiger partial charge in [-0.25, -0.2) is 4.98 Å². The smallest absolute Gasteiger partial charge is 0.860 e. The van der Waals surface area contributed by atoms with Crippen LogP contribution in [0.15, 0.2) is 29.2 Å². The van der Waals surface area contributed by atoms with Crippen molar-refractivity contribution in [2.45, 2.75) is 11.8 Å². The third kappa shape index (κ3) is 2.47. The zero-order valence-electron chi connectivity index (χ0n) is 11.7. The number of hydrogen-bond donors (Lipinski definition) is 1. The summed E-state index contributed by atoms with van der Waals surface area (Å²) in [6, 6.07) is 7.01. The van der Waals surface area contributed by atoms with Crippen LogP contribution in [0.4, 0.5) is 0 Å². The number of fused-ring (bicyclic) bond motifs is 3. The number of nitriles is 1. The van der Waals surface area contributed by atoms with Crippen molar-refractivity contribution in [3.8, 4) is 11.9 Å². The molecule has 0 aliphatic carbocycles. The second-order valence-corrected chi connectivity index (χ2v) is 5.97. The van der Waals surface area contributed by atoms with Gasteiger partial charge in [0.05, 0.1) is 21.5 Å². The Kier molecular flexibility index (Phi) is 4.21. The molecule has 0 spiro atoms. The molecule has 0 atom stereocenters. The van der Waals surface area contributed by atoms with Gasteiger partial charge in [0.25, 0.3) is 10.1 Å². The predicted molar refractivity (Wildman–Crippen MR) is 71.4 cm³/mol. The van der Waals surface area contributed by atoms with Crippen LogP contribution in [0.1, 0.15) is 11.1 Å². The van der Waals surface area contributed by atoms with Gasteiger partial charge in [-0.15, -0.1) is 0 Å². The molecule has 0 bridgehead atoms. The van der Waals surface area contributed by atoms with Crippen molar-refractivity contribution in [3.05, 3.63) is 35.4 Å². The number of aromatic nitrogens is 2. The number of benzene rings is 1. The summed E-state index contributed by atoms with van der Waals surface area (Å²) in [6.45, 7) is 1.63. The van der Waals surface area contributed by atoms with E-state index >= 15 is 0 Å². The van der Waals surface area contributed by atoms with Crippen LogP contribution in [0.3, 0.4) is 0 Å². The summed E-state index contributed by atoms with van der Waals surface area (Å²) >= 11 is 0. The maximum absolute atomic E-state index is 12.1. The Morgan fingerprint density at radius 1 is 1.36 bits per heavy atom. The molecule has 0 unspecified atom stereocenters. The molecule has 22 heavy (non-hydrogen) atoms. The summed E-state index contributed by atoms with van der Waals surface area (Å²) in [5.74, 6) is -0.358. The van der Waals surface area contributed by atoms with E-state index in [9.17, 15) is 18.8 Å². The molecular formula is C13H8N3NaO4S. The first-order valence-corrected chi connectivity index (χ1v) is 7.27. The average molecular weight is 325 g/mol. The maximum Gasteiger partial charge on any atom is 1.00 e. The van der Waals surface area contributed by atoms with Gasteiger partial charge in [0.2, 0.25) is 0 Å². The molecule has 0 amide bonds. The minimum atomic E-state index is -4.36. The van der Waals surface area contributed by atoms with Crippen LogP contribution in [-0.2, 0) is 10.1 Å². The van der Waals surface area contributed by atoms with Gasteiger partial charge < -0.3 is 9.51 Å². The van der Waals surface area contributed by atoms with Gasteiger partial charge in [-0.3, -0.25) is 4.55 Å². The molecule has 0 aliphatic rings. The van der Waals surface area contributed by atoms with Gasteiger partial charge in [-0.2, -0.15) is 13.7 Å². The third-order valence-electron chi connectivity index (χ3n) is 3.21. The molecule has 0 aliphatic heterocycles. The number of aryl methyl sites for hydroxylation is 1. The summed E-state index contributed by atoms with van der Waals surface area (Å²) in [5, 5.41) is 21.2. The van der Waals surface area contributed by atoms with Crippen molar-refractivity contribution < 1.29 is 47.6 Å².